The number of nitriles is 3. The Morgan fingerprint density at radius 1 is 0.762 bits per heavy atom. The molecule has 0 saturated heterocycles. The molecular weight excluding hydrogens is 592 g/mol. The van der Waals surface area contributed by atoms with Crippen LogP contribution in [0.4, 0.5) is 43.9 Å². The third-order valence-electron chi connectivity index (χ3n) is 6.26. The molecule has 2 unspecified atom stereocenters. The number of hydrogen-bond acceptors (Lipinski definition) is 6. The van der Waals surface area contributed by atoms with Crippen molar-refractivity contribution in [3.63, 3.8) is 0 Å². The molecule has 1 N–H and O–H groups in total. The van der Waals surface area contributed by atoms with Crippen molar-refractivity contribution in [2.75, 3.05) is 0 Å². The van der Waals surface area contributed by atoms with Crippen LogP contribution in [0.25, 0.3) is 0 Å². The van der Waals surface area contributed by atoms with E-state index >= 15 is 0 Å². The van der Waals surface area contributed by atoms with Gasteiger partial charge in [0, 0.05) is 0 Å². The average molecular weight is 605 g/mol. The van der Waals surface area contributed by atoms with Gasteiger partial charge in [-0.3, -0.25) is 4.79 Å². The first-order valence-corrected chi connectivity index (χ1v) is 10.9. The quantitative estimate of drug-likeness (QED) is 0.200. The molecule has 2 atom stereocenters. The van der Waals surface area contributed by atoms with E-state index in [1.165, 1.54) is 12.1 Å². The van der Waals surface area contributed by atoms with Gasteiger partial charge in [-0.1, -0.05) is 0 Å². The second-order valence-corrected chi connectivity index (χ2v) is 8.69. The third-order valence-corrected chi connectivity index (χ3v) is 6.26. The second-order valence-electron chi connectivity index (χ2n) is 8.69. The number of Topliss-reactive ketones (excluding diaryl/α,β-unsaturated/α-hetero) is 1. The number of allylic oxidation sites excluding steroid dienone is 2. The average Bonchev–Trinajstić information content (AvgIpc) is 3.19. The van der Waals surface area contributed by atoms with Gasteiger partial charge in [-0.15, -0.1) is 0 Å². The molecular formula is C26H13F10N3O3. The lowest BCUT2D eigenvalue weighted by Gasteiger charge is -2.27. The van der Waals surface area contributed by atoms with Gasteiger partial charge in [0.1, 0.15) is 18.2 Å². The lowest BCUT2D eigenvalue weighted by atomic mass is 9.86. The number of ketones is 1. The van der Waals surface area contributed by atoms with E-state index in [4.69, 9.17) is 15.3 Å². The number of hydrogen-bond donors (Lipinski definition) is 1. The molecule has 0 amide bonds. The number of halogens is 10. The monoisotopic (exact) mass is 605 g/mol. The summed E-state index contributed by atoms with van der Waals surface area (Å²) < 4.78 is 139. The van der Waals surface area contributed by atoms with Crippen LogP contribution in [-0.2, 0) is 20.7 Å². The van der Waals surface area contributed by atoms with E-state index in [-0.39, 0.29) is 5.57 Å². The van der Waals surface area contributed by atoms with Crippen molar-refractivity contribution in [3.05, 3.63) is 91.8 Å². The summed E-state index contributed by atoms with van der Waals surface area (Å²) in [6.45, 7) is 3.54. The van der Waals surface area contributed by atoms with Crippen LogP contribution < -0.4 is 0 Å². The summed E-state index contributed by atoms with van der Waals surface area (Å²) in [5.41, 5.74) is -9.23. The van der Waals surface area contributed by atoms with E-state index in [1.54, 1.807) is 6.07 Å². The van der Waals surface area contributed by atoms with Crippen LogP contribution in [0.3, 0.4) is 0 Å². The standard InChI is InChI=1S/C16H6F5N3O.C10H7F5O2/c1-6-8(5-24)15(7(3-22)4-23)25-16(6,2)9-10(17)12(19)14(21)13(20)11(9)18;1-3(16)10(2,17)4-5(11)7(13)9(15)8(14)6(4)12/h1-2H3;17H,1-2H3. The van der Waals surface area contributed by atoms with Gasteiger partial charge in [-0.05, 0) is 33.3 Å². The second kappa shape index (κ2) is 11.5. The predicted octanol–water partition coefficient (Wildman–Crippen LogP) is 5.95. The van der Waals surface area contributed by atoms with Crippen molar-refractivity contribution in [3.8, 4) is 18.2 Å². The molecule has 0 aromatic heterocycles. The maximum Gasteiger partial charge on any atom is 0.200 e. The number of rotatable bonds is 3. The third kappa shape index (κ3) is 5.03. The predicted molar refractivity (Wildman–Crippen MR) is 118 cm³/mol. The van der Waals surface area contributed by atoms with Crippen molar-refractivity contribution in [1.82, 2.24) is 0 Å². The zero-order valence-electron chi connectivity index (χ0n) is 21.4. The minimum atomic E-state index is -2.79. The highest BCUT2D eigenvalue weighted by Crippen LogP contribution is 2.48. The Morgan fingerprint density at radius 2 is 1.12 bits per heavy atom. The fraction of sp³-hybridized carbons (Fsp3) is 0.231. The first-order chi connectivity index (χ1) is 19.3. The highest BCUT2D eigenvalue weighted by atomic mass is 19.2. The largest absolute Gasteiger partial charge is 0.475 e. The van der Waals surface area contributed by atoms with Crippen LogP contribution in [0.15, 0.2) is 22.5 Å². The summed E-state index contributed by atoms with van der Waals surface area (Å²) in [4.78, 5) is 11.0. The highest BCUT2D eigenvalue weighted by molar-refractivity contribution is 5.85. The molecule has 0 radical (unpaired) electrons. The molecule has 0 fully saturated rings. The molecule has 3 rings (SSSR count). The van der Waals surface area contributed by atoms with Crippen LogP contribution in [0.2, 0.25) is 0 Å². The van der Waals surface area contributed by atoms with Gasteiger partial charge < -0.3 is 9.84 Å². The van der Waals surface area contributed by atoms with E-state index in [1.807, 2.05) is 0 Å². The minimum absolute atomic E-state index is 0.212. The van der Waals surface area contributed by atoms with Gasteiger partial charge in [-0.25, -0.2) is 43.9 Å². The fourth-order valence-corrected chi connectivity index (χ4v) is 3.65. The Balaban J connectivity index is 0.000000317. The summed E-state index contributed by atoms with van der Waals surface area (Å²) in [6, 6.07) is 4.49. The van der Waals surface area contributed by atoms with Crippen molar-refractivity contribution in [2.45, 2.75) is 38.9 Å². The Morgan fingerprint density at radius 3 is 1.45 bits per heavy atom. The number of ether oxygens (including phenoxy) is 1. The lowest BCUT2D eigenvalue weighted by molar-refractivity contribution is -0.134. The molecule has 6 nitrogen and oxygen atoms in total. The number of carbonyl (C=O) groups is 1. The van der Waals surface area contributed by atoms with Gasteiger partial charge in [-0.2, -0.15) is 15.8 Å². The van der Waals surface area contributed by atoms with Crippen molar-refractivity contribution >= 4 is 5.78 Å². The van der Waals surface area contributed by atoms with Gasteiger partial charge >= 0.3 is 0 Å². The molecule has 0 bridgehead atoms. The molecule has 0 saturated carbocycles. The van der Waals surface area contributed by atoms with E-state index in [0.29, 0.717) is 6.92 Å². The molecule has 42 heavy (non-hydrogen) atoms. The number of nitrogens with zero attached hydrogens (tertiary/aromatic N) is 3. The molecule has 1 aliphatic rings. The molecule has 2 aromatic rings. The van der Waals surface area contributed by atoms with Gasteiger partial charge in [0.05, 0.1) is 16.7 Å². The zero-order valence-corrected chi connectivity index (χ0v) is 21.4. The summed E-state index contributed by atoms with van der Waals surface area (Å²) in [5.74, 6) is -23.9. The Bertz CT molecular complexity index is 1650. The van der Waals surface area contributed by atoms with Crippen LogP contribution >= 0.6 is 0 Å². The summed E-state index contributed by atoms with van der Waals surface area (Å²) >= 11 is 0. The van der Waals surface area contributed by atoms with E-state index in [9.17, 15) is 59.1 Å². The van der Waals surface area contributed by atoms with E-state index < -0.39 is 103 Å². The molecule has 0 aliphatic carbocycles. The van der Waals surface area contributed by atoms with E-state index in [2.05, 4.69) is 0 Å². The van der Waals surface area contributed by atoms with Gasteiger partial charge in [0.15, 0.2) is 74.9 Å². The Kier molecular flexibility index (Phi) is 9.16. The molecule has 0 spiro atoms. The minimum Gasteiger partial charge on any atom is -0.475 e. The van der Waals surface area contributed by atoms with Gasteiger partial charge in [0.25, 0.3) is 0 Å². The fourth-order valence-electron chi connectivity index (χ4n) is 3.65. The van der Waals surface area contributed by atoms with Crippen molar-refractivity contribution < 1.29 is 58.5 Å². The van der Waals surface area contributed by atoms with Crippen molar-refractivity contribution in [2.24, 2.45) is 0 Å². The normalized spacial score (nSPS) is 17.3. The first-order valence-electron chi connectivity index (χ1n) is 10.9. The Hall–Kier alpha value is -4.88. The number of aliphatic hydroxyl groups is 1. The van der Waals surface area contributed by atoms with Crippen LogP contribution in [0, 0.1) is 92.2 Å². The molecule has 1 aliphatic heterocycles. The lowest BCUT2D eigenvalue weighted by Crippen LogP contribution is -2.33. The molecule has 16 heteroatoms. The molecule has 2 aromatic carbocycles. The summed E-state index contributed by atoms with van der Waals surface area (Å²) in [7, 11) is 0. The smallest absolute Gasteiger partial charge is 0.200 e. The maximum absolute atomic E-state index is 14.1. The number of carbonyl (C=O) groups excluding carboxylic acids is 1. The topological polar surface area (TPSA) is 118 Å². The summed E-state index contributed by atoms with van der Waals surface area (Å²) in [6.07, 6.45) is 0. The molecule has 1 heterocycles. The van der Waals surface area contributed by atoms with E-state index in [0.717, 1.165) is 20.8 Å². The highest BCUT2D eigenvalue weighted by Gasteiger charge is 2.48. The van der Waals surface area contributed by atoms with Crippen LogP contribution in [0.5, 0.6) is 0 Å². The summed E-state index contributed by atoms with van der Waals surface area (Å²) in [5, 5.41) is 36.5. The van der Waals surface area contributed by atoms with Crippen molar-refractivity contribution in [1.29, 1.82) is 15.8 Å². The van der Waals surface area contributed by atoms with Crippen LogP contribution in [-0.4, -0.2) is 10.9 Å². The van der Waals surface area contributed by atoms with Gasteiger partial charge in [0.2, 0.25) is 11.6 Å². The first kappa shape index (κ1) is 33.3. The SMILES string of the molecule is CC(=O)C(C)(O)c1c(F)c(F)c(F)c(F)c1F.CC1=C(C#N)C(=C(C#N)C#N)OC1(C)c1c(F)c(F)c(F)c(F)c1F. The maximum atomic E-state index is 14.1. The number of benzene rings is 2. The Labute approximate surface area is 229 Å². The van der Waals surface area contributed by atoms with Crippen LogP contribution in [0.1, 0.15) is 38.8 Å². The zero-order chi connectivity index (χ0) is 32.6. The molecule has 220 valence electrons.